The molecule has 1 saturated heterocycles. The van der Waals surface area contributed by atoms with Gasteiger partial charge in [0.1, 0.15) is 29.9 Å². The maximum Gasteiger partial charge on any atom is 0.132 e. The summed E-state index contributed by atoms with van der Waals surface area (Å²) < 4.78 is 32.9. The lowest BCUT2D eigenvalue weighted by molar-refractivity contribution is -0.254. The van der Waals surface area contributed by atoms with E-state index in [-0.39, 0.29) is 23.7 Å². The number of pyridine rings is 1. The van der Waals surface area contributed by atoms with E-state index in [0.717, 1.165) is 28.1 Å². The summed E-state index contributed by atoms with van der Waals surface area (Å²) in [6, 6.07) is 36.4. The van der Waals surface area contributed by atoms with Gasteiger partial charge in [-0.25, -0.2) is 0 Å². The Hall–Kier alpha value is -3.04. The monoisotopic (exact) mass is 585 g/mol. The van der Waals surface area contributed by atoms with Crippen molar-refractivity contribution in [2.24, 2.45) is 0 Å². The molecule has 220 valence electrons. The Morgan fingerprint density at radius 3 is 1.67 bits per heavy atom. The summed E-state index contributed by atoms with van der Waals surface area (Å²) >= 11 is 1.72. The minimum Gasteiger partial charge on any atom is -0.372 e. The van der Waals surface area contributed by atoms with E-state index < -0.39 is 6.10 Å². The number of rotatable bonds is 15. The van der Waals surface area contributed by atoms with Crippen LogP contribution in [0.15, 0.2) is 115 Å². The van der Waals surface area contributed by atoms with Crippen LogP contribution in [0.2, 0.25) is 0 Å². The van der Waals surface area contributed by atoms with Crippen molar-refractivity contribution < 1.29 is 23.7 Å². The van der Waals surface area contributed by atoms with Crippen LogP contribution in [-0.2, 0) is 50.1 Å². The molecule has 2 heterocycles. The average molecular weight is 586 g/mol. The Kier molecular flexibility index (Phi) is 12.0. The van der Waals surface area contributed by atoms with Gasteiger partial charge in [-0.3, -0.25) is 4.98 Å². The highest BCUT2D eigenvalue weighted by molar-refractivity contribution is 7.99. The molecule has 6 nitrogen and oxygen atoms in total. The van der Waals surface area contributed by atoms with Crippen LogP contribution in [0.25, 0.3) is 0 Å². The third-order valence-corrected chi connectivity index (χ3v) is 8.08. The lowest BCUT2D eigenvalue weighted by atomic mass is 9.98. The number of hydrogen-bond acceptors (Lipinski definition) is 7. The van der Waals surface area contributed by atoms with Crippen LogP contribution in [0.1, 0.15) is 29.3 Å². The predicted octanol–water partition coefficient (Wildman–Crippen LogP) is 6.83. The lowest BCUT2D eigenvalue weighted by Crippen LogP contribution is -2.60. The van der Waals surface area contributed by atoms with Gasteiger partial charge in [0.15, 0.2) is 0 Å². The van der Waals surface area contributed by atoms with Crippen LogP contribution in [0.5, 0.6) is 0 Å². The third-order valence-electron chi connectivity index (χ3n) is 7.04. The van der Waals surface area contributed by atoms with Gasteiger partial charge in [-0.1, -0.05) is 104 Å². The van der Waals surface area contributed by atoms with E-state index in [9.17, 15) is 0 Å². The molecular weight excluding hydrogens is 546 g/mol. The second kappa shape index (κ2) is 16.6. The molecular formula is C35H39NO5S. The van der Waals surface area contributed by atoms with Gasteiger partial charge < -0.3 is 23.7 Å². The molecule has 3 aromatic carbocycles. The zero-order valence-corrected chi connectivity index (χ0v) is 24.8. The Balaban J connectivity index is 1.40. The van der Waals surface area contributed by atoms with Crippen LogP contribution in [0, 0.1) is 0 Å². The number of hydrogen-bond donors (Lipinski definition) is 0. The molecule has 42 heavy (non-hydrogen) atoms. The van der Waals surface area contributed by atoms with Crippen LogP contribution in [0.3, 0.4) is 0 Å². The van der Waals surface area contributed by atoms with Crippen molar-refractivity contribution in [3.63, 3.8) is 0 Å². The summed E-state index contributed by atoms with van der Waals surface area (Å²) in [5, 5.41) is 0. The van der Waals surface area contributed by atoms with Crippen molar-refractivity contribution in [2.45, 2.75) is 63.2 Å². The van der Waals surface area contributed by atoms with Gasteiger partial charge in [0.25, 0.3) is 0 Å². The van der Waals surface area contributed by atoms with Gasteiger partial charge >= 0.3 is 0 Å². The smallest absolute Gasteiger partial charge is 0.132 e. The summed E-state index contributed by atoms with van der Waals surface area (Å²) in [5.41, 5.74) is 3.90. The summed E-state index contributed by atoms with van der Waals surface area (Å²) in [6.45, 7) is 4.18. The maximum absolute atomic E-state index is 6.74. The van der Waals surface area contributed by atoms with E-state index in [4.69, 9.17) is 23.7 Å². The Morgan fingerprint density at radius 2 is 1.14 bits per heavy atom. The molecule has 0 unspecified atom stereocenters. The summed E-state index contributed by atoms with van der Waals surface area (Å²) in [5.74, 6) is 0.873. The highest BCUT2D eigenvalue weighted by atomic mass is 32.2. The Labute approximate surface area is 253 Å². The first-order valence-electron chi connectivity index (χ1n) is 14.5. The van der Waals surface area contributed by atoms with E-state index in [0.29, 0.717) is 33.0 Å². The van der Waals surface area contributed by atoms with Crippen LogP contribution in [-0.4, -0.2) is 47.2 Å². The molecule has 1 aliphatic heterocycles. The summed E-state index contributed by atoms with van der Waals surface area (Å²) in [6.07, 6.45) is 0.244. The normalized spacial score (nSPS) is 22.2. The van der Waals surface area contributed by atoms with Gasteiger partial charge in [0.2, 0.25) is 0 Å². The fourth-order valence-electron chi connectivity index (χ4n) is 4.94. The molecule has 0 saturated carbocycles. The van der Waals surface area contributed by atoms with E-state index in [1.165, 1.54) is 0 Å². The molecule has 5 rings (SSSR count). The maximum atomic E-state index is 6.74. The second-order valence-corrected chi connectivity index (χ2v) is 11.5. The summed E-state index contributed by atoms with van der Waals surface area (Å²) in [4.78, 5) is 4.40. The van der Waals surface area contributed by atoms with Crippen molar-refractivity contribution in [1.29, 1.82) is 0 Å². The van der Waals surface area contributed by atoms with E-state index in [1.807, 2.05) is 72.8 Å². The fraction of sp³-hybridized carbons (Fsp3) is 0.343. The topological polar surface area (TPSA) is 59.0 Å². The van der Waals surface area contributed by atoms with E-state index >= 15 is 0 Å². The molecule has 1 fully saturated rings. The molecule has 0 aliphatic carbocycles. The van der Waals surface area contributed by atoms with Gasteiger partial charge in [0, 0.05) is 6.20 Å². The van der Waals surface area contributed by atoms with Crippen molar-refractivity contribution >= 4 is 11.8 Å². The predicted molar refractivity (Wildman–Crippen MR) is 166 cm³/mol. The van der Waals surface area contributed by atoms with Crippen LogP contribution in [0.4, 0.5) is 0 Å². The minimum atomic E-state index is -0.424. The highest BCUT2D eigenvalue weighted by Gasteiger charge is 2.48. The van der Waals surface area contributed by atoms with Gasteiger partial charge in [-0.2, -0.15) is 0 Å². The molecule has 0 spiro atoms. The fourth-order valence-corrected chi connectivity index (χ4v) is 5.91. The average Bonchev–Trinajstić information content (AvgIpc) is 3.05. The number of ether oxygens (including phenoxy) is 5. The van der Waals surface area contributed by atoms with Gasteiger partial charge in [-0.05, 0) is 34.6 Å². The van der Waals surface area contributed by atoms with Crippen LogP contribution < -0.4 is 0 Å². The minimum absolute atomic E-state index is 0.250. The zero-order valence-electron chi connectivity index (χ0n) is 24.0. The van der Waals surface area contributed by atoms with Crippen molar-refractivity contribution in [3.05, 3.63) is 138 Å². The molecule has 0 N–H and O–H groups in total. The SMILES string of the molecule is CCS[C@H]1O[C@H](COCc2ccccn2)[C@@H](OCc2ccccc2)[C@H](OCc2ccccc2)[C@H]1OCc1ccccc1. The number of aromatic nitrogens is 1. The van der Waals surface area contributed by atoms with Crippen molar-refractivity contribution in [1.82, 2.24) is 4.98 Å². The molecule has 5 atom stereocenters. The number of benzene rings is 3. The molecule has 1 aliphatic rings. The van der Waals surface area contributed by atoms with E-state index in [2.05, 4.69) is 48.3 Å². The van der Waals surface area contributed by atoms with Gasteiger partial charge in [0.05, 0.1) is 38.7 Å². The standard InChI is InChI=1S/C35H39NO5S/c1-2-42-35-34(40-24-29-18-10-5-11-19-29)33(39-23-28-16-8-4-9-17-28)32(38-22-27-14-6-3-7-15-27)31(41-35)26-37-25-30-20-12-13-21-36-30/h3-21,31-35H,2,22-26H2,1H3/t31-,32-,33+,34-,35-/m1/s1. The molecule has 0 amide bonds. The first-order valence-corrected chi connectivity index (χ1v) is 15.6. The highest BCUT2D eigenvalue weighted by Crippen LogP contribution is 2.35. The Morgan fingerprint density at radius 1 is 0.619 bits per heavy atom. The Bertz CT molecular complexity index is 1280. The van der Waals surface area contributed by atoms with E-state index in [1.54, 1.807) is 18.0 Å². The first kappa shape index (κ1) is 30.4. The molecule has 7 heteroatoms. The molecule has 4 aromatic rings. The van der Waals surface area contributed by atoms with Gasteiger partial charge in [-0.15, -0.1) is 11.8 Å². The number of thioether (sulfide) groups is 1. The molecule has 0 radical (unpaired) electrons. The van der Waals surface area contributed by atoms with Crippen LogP contribution >= 0.6 is 11.8 Å². The second-order valence-electron chi connectivity index (χ2n) is 10.1. The summed E-state index contributed by atoms with van der Waals surface area (Å²) in [7, 11) is 0. The molecule has 0 bridgehead atoms. The number of nitrogens with zero attached hydrogens (tertiary/aromatic N) is 1. The zero-order chi connectivity index (χ0) is 28.8. The first-order chi connectivity index (χ1) is 20.8. The quantitative estimate of drug-likeness (QED) is 0.152. The van der Waals surface area contributed by atoms with Crippen molar-refractivity contribution in [2.75, 3.05) is 12.4 Å². The lowest BCUT2D eigenvalue weighted by Gasteiger charge is -2.46. The van der Waals surface area contributed by atoms with Crippen molar-refractivity contribution in [3.8, 4) is 0 Å². The third kappa shape index (κ3) is 8.98. The largest absolute Gasteiger partial charge is 0.372 e. The molecule has 1 aromatic heterocycles.